The number of hydrogen-bond donors (Lipinski definition) is 2. The molecule has 0 amide bonds. The van der Waals surface area contributed by atoms with Crippen LogP contribution in [0.5, 0.6) is 0 Å². The third-order valence-corrected chi connectivity index (χ3v) is 3.16. The Bertz CT molecular complexity index is 274. The number of nitrogens with zero attached hydrogens (tertiary/aromatic N) is 1. The molecule has 0 aromatic carbocycles. The third kappa shape index (κ3) is 16.6. The van der Waals surface area contributed by atoms with Gasteiger partial charge in [-0.3, -0.25) is 0 Å². The zero-order chi connectivity index (χ0) is 16.7. The van der Waals surface area contributed by atoms with Gasteiger partial charge in [-0.25, -0.2) is 9.59 Å². The second-order valence-electron chi connectivity index (χ2n) is 5.25. The van der Waals surface area contributed by atoms with Crippen LogP contribution in [0.25, 0.3) is 0 Å². The molecule has 0 spiro atoms. The number of carbonyl (C=O) groups is 2. The number of rotatable bonds is 10. The van der Waals surface area contributed by atoms with Gasteiger partial charge in [-0.15, -0.1) is 0 Å². The predicted octanol–water partition coefficient (Wildman–Crippen LogP) is 2.51. The maximum atomic E-state index is 9.55. The first kappa shape index (κ1) is 27.1. The van der Waals surface area contributed by atoms with Gasteiger partial charge in [0.15, 0.2) is 0 Å². The number of carboxylic acids is 2. The van der Waals surface area contributed by atoms with E-state index in [9.17, 15) is 9.59 Å². The summed E-state index contributed by atoms with van der Waals surface area (Å²) in [5.41, 5.74) is 0. The normalized spacial score (nSPS) is 10.5. The van der Waals surface area contributed by atoms with Crippen LogP contribution in [0, 0.1) is 0 Å². The van der Waals surface area contributed by atoms with Gasteiger partial charge in [-0.05, 0) is 25.7 Å². The molecule has 2 N–H and O–H groups in total. The van der Waals surface area contributed by atoms with Crippen LogP contribution in [0.1, 0.15) is 53.4 Å². The van der Waals surface area contributed by atoms with Gasteiger partial charge in [0.25, 0.3) is 0 Å². The summed E-state index contributed by atoms with van der Waals surface area (Å²) in [6.45, 7) is 14.8. The summed E-state index contributed by atoms with van der Waals surface area (Å²) >= 11 is 0. The number of quaternary nitrogens is 1. The van der Waals surface area contributed by atoms with Crippen molar-refractivity contribution in [3.05, 3.63) is 12.2 Å². The summed E-state index contributed by atoms with van der Waals surface area (Å²) in [6, 6.07) is 0. The summed E-state index contributed by atoms with van der Waals surface area (Å²) in [5, 5.41) is 15.6. The Balaban J connectivity index is -0.000000348. The minimum atomic E-state index is -1.26. The van der Waals surface area contributed by atoms with E-state index in [1.165, 1.54) is 56.3 Å². The molecule has 6 heteroatoms. The van der Waals surface area contributed by atoms with E-state index in [0.29, 0.717) is 12.2 Å². The summed E-state index contributed by atoms with van der Waals surface area (Å²) in [6.07, 6.45) is 6.45. The van der Waals surface area contributed by atoms with Gasteiger partial charge in [0.1, 0.15) is 0 Å². The van der Waals surface area contributed by atoms with Crippen molar-refractivity contribution in [3.63, 3.8) is 0 Å². The molecule has 0 fully saturated rings. The molecular formula is C16H33KNO4+. The van der Waals surface area contributed by atoms with Gasteiger partial charge in [0, 0.05) is 12.2 Å². The van der Waals surface area contributed by atoms with Gasteiger partial charge in [0.05, 0.1) is 26.2 Å². The number of hydrogen-bond acceptors (Lipinski definition) is 2. The molecule has 0 aromatic heterocycles. The molecule has 0 aliphatic heterocycles. The zero-order valence-electron chi connectivity index (χ0n) is 14.0. The second-order valence-corrected chi connectivity index (χ2v) is 5.25. The Morgan fingerprint density at radius 3 is 1.09 bits per heavy atom. The summed E-state index contributed by atoms with van der Waals surface area (Å²) in [7, 11) is 0. The van der Waals surface area contributed by atoms with E-state index in [1.807, 2.05) is 0 Å². The molecule has 0 saturated carbocycles. The third-order valence-electron chi connectivity index (χ3n) is 3.16. The Hall–Kier alpha value is 0.276. The van der Waals surface area contributed by atoms with E-state index >= 15 is 0 Å². The second kappa shape index (κ2) is 17.6. The number of aliphatic carboxylic acids is 2. The average Bonchev–Trinajstić information content (AvgIpc) is 2.38. The van der Waals surface area contributed by atoms with Crippen molar-refractivity contribution in [2.24, 2.45) is 0 Å². The minimum absolute atomic E-state index is 0. The van der Waals surface area contributed by atoms with Crippen molar-refractivity contribution in [1.29, 1.82) is 0 Å². The van der Waals surface area contributed by atoms with Crippen LogP contribution in [0.2, 0.25) is 0 Å². The average molecular weight is 343 g/mol. The summed E-state index contributed by atoms with van der Waals surface area (Å²) in [5.74, 6) is -2.51. The zero-order valence-corrected chi connectivity index (χ0v) is 14.0. The maximum absolute atomic E-state index is 9.55. The molecule has 5 nitrogen and oxygen atoms in total. The van der Waals surface area contributed by atoms with E-state index in [4.69, 9.17) is 10.2 Å². The van der Waals surface area contributed by atoms with Gasteiger partial charge in [-0.1, -0.05) is 27.7 Å². The van der Waals surface area contributed by atoms with Crippen LogP contribution in [0.3, 0.4) is 0 Å². The SMILES string of the molecule is CCC[N+](CCC)(CCC)CCC.O=C(O)/C=C/C(=O)O.[KH]. The van der Waals surface area contributed by atoms with Gasteiger partial charge in [-0.2, -0.15) is 0 Å². The molecule has 22 heavy (non-hydrogen) atoms. The van der Waals surface area contributed by atoms with Crippen LogP contribution in [0.4, 0.5) is 0 Å². The van der Waals surface area contributed by atoms with Crippen LogP contribution in [0.15, 0.2) is 12.2 Å². The predicted molar refractivity (Wildman–Crippen MR) is 92.5 cm³/mol. The van der Waals surface area contributed by atoms with Crippen LogP contribution in [-0.2, 0) is 9.59 Å². The first-order valence-corrected chi connectivity index (χ1v) is 7.86. The molecule has 0 aromatic rings. The van der Waals surface area contributed by atoms with Crippen molar-refractivity contribution in [3.8, 4) is 0 Å². The monoisotopic (exact) mass is 342 g/mol. The Morgan fingerprint density at radius 1 is 0.727 bits per heavy atom. The van der Waals surface area contributed by atoms with E-state index in [-0.39, 0.29) is 51.4 Å². The first-order valence-electron chi connectivity index (χ1n) is 7.86. The molecule has 0 saturated heterocycles. The molecule has 0 heterocycles. The van der Waals surface area contributed by atoms with E-state index in [2.05, 4.69) is 27.7 Å². The van der Waals surface area contributed by atoms with Crippen LogP contribution in [-0.4, -0.2) is 104 Å². The molecule has 126 valence electrons. The fraction of sp³-hybridized carbons (Fsp3) is 0.750. The molecule has 0 bridgehead atoms. The van der Waals surface area contributed by atoms with Crippen molar-refractivity contribution in [1.82, 2.24) is 0 Å². The van der Waals surface area contributed by atoms with Gasteiger partial charge >= 0.3 is 63.3 Å². The fourth-order valence-electron chi connectivity index (χ4n) is 2.71. The van der Waals surface area contributed by atoms with Gasteiger partial charge in [0.2, 0.25) is 0 Å². The van der Waals surface area contributed by atoms with Crippen molar-refractivity contribution >= 4 is 63.3 Å². The molecule has 0 radical (unpaired) electrons. The van der Waals surface area contributed by atoms with Crippen LogP contribution < -0.4 is 0 Å². The van der Waals surface area contributed by atoms with E-state index < -0.39 is 11.9 Å². The fourth-order valence-corrected chi connectivity index (χ4v) is 2.71. The Labute approximate surface area is 177 Å². The van der Waals surface area contributed by atoms with E-state index in [0.717, 1.165) is 0 Å². The van der Waals surface area contributed by atoms with Gasteiger partial charge < -0.3 is 14.7 Å². The number of carboxylic acid groups (broad SMARTS) is 2. The van der Waals surface area contributed by atoms with E-state index in [1.54, 1.807) is 0 Å². The summed E-state index contributed by atoms with van der Waals surface area (Å²) < 4.78 is 1.38. The molecule has 0 aliphatic carbocycles. The molecule has 0 atom stereocenters. The molecule has 0 rings (SSSR count). The molecule has 0 unspecified atom stereocenters. The standard InChI is InChI=1S/C12H28N.C4H4O4.K.H/c1-5-9-13(10-6-2,11-7-3)12-8-4;5-3(6)1-2-4(7)8;;/h5-12H2,1-4H3;1-2H,(H,5,6)(H,7,8);;/q+1;;;/b;2-1+;;. The first-order chi connectivity index (χ1) is 9.87. The molecule has 0 aliphatic rings. The van der Waals surface area contributed by atoms with Crippen LogP contribution >= 0.6 is 0 Å². The van der Waals surface area contributed by atoms with Crippen molar-refractivity contribution in [2.45, 2.75) is 53.4 Å². The molecular weight excluding hydrogens is 309 g/mol. The van der Waals surface area contributed by atoms with Crippen molar-refractivity contribution < 1.29 is 24.3 Å². The Morgan fingerprint density at radius 2 is 0.955 bits per heavy atom. The van der Waals surface area contributed by atoms with Crippen molar-refractivity contribution in [2.75, 3.05) is 26.2 Å². The quantitative estimate of drug-likeness (QED) is 0.363. The Kier molecular flexibility index (Phi) is 21.7. The summed E-state index contributed by atoms with van der Waals surface area (Å²) in [4.78, 5) is 19.1. The topological polar surface area (TPSA) is 74.6 Å².